The first-order chi connectivity index (χ1) is 14.1. The lowest BCUT2D eigenvalue weighted by Crippen LogP contribution is -2.32. The molecule has 1 aliphatic rings. The van der Waals surface area contributed by atoms with Crippen LogP contribution in [0, 0.1) is 5.82 Å². The highest BCUT2D eigenvalue weighted by molar-refractivity contribution is 6.05. The van der Waals surface area contributed by atoms with Crippen LogP contribution in [0.2, 0.25) is 0 Å². The number of imidazole rings is 1. The molecule has 29 heavy (non-hydrogen) atoms. The van der Waals surface area contributed by atoms with Gasteiger partial charge in [-0.2, -0.15) is 0 Å². The normalized spacial score (nSPS) is 15.7. The van der Waals surface area contributed by atoms with Crippen LogP contribution in [0.3, 0.4) is 0 Å². The summed E-state index contributed by atoms with van der Waals surface area (Å²) in [7, 11) is 1.61. The third-order valence-electron chi connectivity index (χ3n) is 4.94. The van der Waals surface area contributed by atoms with E-state index in [1.54, 1.807) is 28.7 Å². The number of methoxy groups -OCH3 is 1. The van der Waals surface area contributed by atoms with Gasteiger partial charge < -0.3 is 10.1 Å². The van der Waals surface area contributed by atoms with E-state index < -0.39 is 17.8 Å². The lowest BCUT2D eigenvalue weighted by atomic mass is 10.1. The van der Waals surface area contributed by atoms with E-state index >= 15 is 0 Å². The molecule has 1 aromatic heterocycles. The maximum absolute atomic E-state index is 13.9. The molecular formula is C21H21FN4O3. The van der Waals surface area contributed by atoms with Crippen molar-refractivity contribution in [2.24, 2.45) is 0 Å². The van der Waals surface area contributed by atoms with E-state index in [9.17, 15) is 14.0 Å². The van der Waals surface area contributed by atoms with Gasteiger partial charge in [0.2, 0.25) is 11.9 Å². The summed E-state index contributed by atoms with van der Waals surface area (Å²) in [6.07, 6.45) is 0.543. The smallest absolute Gasteiger partial charge is 0.253 e. The van der Waals surface area contributed by atoms with Gasteiger partial charge in [-0.1, -0.05) is 24.3 Å². The number of rotatable bonds is 7. The molecule has 0 saturated carbocycles. The highest BCUT2D eigenvalue weighted by atomic mass is 19.1. The number of anilines is 2. The van der Waals surface area contributed by atoms with Crippen molar-refractivity contribution in [2.45, 2.75) is 18.9 Å². The summed E-state index contributed by atoms with van der Waals surface area (Å²) in [4.78, 5) is 31.9. The highest BCUT2D eigenvalue weighted by Crippen LogP contribution is 2.36. The van der Waals surface area contributed by atoms with E-state index in [4.69, 9.17) is 4.74 Å². The molecular weight excluding hydrogens is 375 g/mol. The number of amides is 2. The average Bonchev–Trinajstić information content (AvgIpc) is 3.20. The fourth-order valence-corrected chi connectivity index (χ4v) is 3.61. The van der Waals surface area contributed by atoms with Crippen LogP contribution in [0.1, 0.15) is 18.9 Å². The molecule has 3 aromatic rings. The van der Waals surface area contributed by atoms with E-state index in [-0.39, 0.29) is 18.0 Å². The predicted molar refractivity (Wildman–Crippen MR) is 107 cm³/mol. The number of ether oxygens (including phenoxy) is 1. The molecule has 150 valence electrons. The maximum atomic E-state index is 13.9. The molecule has 0 aliphatic carbocycles. The topological polar surface area (TPSA) is 76.5 Å². The number of carbonyl (C=O) groups is 2. The van der Waals surface area contributed by atoms with Crippen LogP contribution >= 0.6 is 0 Å². The summed E-state index contributed by atoms with van der Waals surface area (Å²) < 4.78 is 20.7. The minimum absolute atomic E-state index is 0.0932. The third-order valence-corrected chi connectivity index (χ3v) is 4.94. The number of nitrogens with one attached hydrogen (secondary N) is 1. The Labute approximate surface area is 167 Å². The molecule has 2 amide bonds. The minimum atomic E-state index is -0.730. The Morgan fingerprint density at radius 1 is 1.21 bits per heavy atom. The lowest BCUT2D eigenvalue weighted by molar-refractivity contribution is -0.124. The highest BCUT2D eigenvalue weighted by Gasteiger charge is 2.40. The number of halogens is 1. The zero-order valence-corrected chi connectivity index (χ0v) is 16.0. The van der Waals surface area contributed by atoms with Crippen molar-refractivity contribution >= 4 is 34.5 Å². The standard InChI is InChI=1S/C21H21FN4O3/c1-29-12-6-11-25-20(28)18(13-19(27)23-15-8-3-2-7-14(15)22)26-17-10-5-4-9-16(17)24-21(25)26/h2-5,7-10,18H,6,11-13H2,1H3,(H,23,27). The van der Waals surface area contributed by atoms with E-state index in [0.29, 0.717) is 25.5 Å². The summed E-state index contributed by atoms with van der Waals surface area (Å²) in [5, 5.41) is 2.56. The first-order valence-corrected chi connectivity index (χ1v) is 9.42. The average molecular weight is 396 g/mol. The summed E-state index contributed by atoms with van der Waals surface area (Å²) >= 11 is 0. The Kier molecular flexibility index (Phi) is 5.26. The van der Waals surface area contributed by atoms with Crippen LogP contribution in [0.15, 0.2) is 48.5 Å². The van der Waals surface area contributed by atoms with Crippen molar-refractivity contribution in [2.75, 3.05) is 30.5 Å². The van der Waals surface area contributed by atoms with E-state index in [1.165, 1.54) is 12.1 Å². The van der Waals surface area contributed by atoms with Gasteiger partial charge in [0.25, 0.3) is 5.91 Å². The van der Waals surface area contributed by atoms with Crippen LogP contribution in [0.5, 0.6) is 0 Å². The third kappa shape index (κ3) is 3.58. The Bertz CT molecular complexity index is 1070. The SMILES string of the molecule is COCCCN1C(=O)C(CC(=O)Nc2ccccc2F)n2c1nc1ccccc12. The Balaban J connectivity index is 1.62. The van der Waals surface area contributed by atoms with Crippen LogP contribution < -0.4 is 10.2 Å². The van der Waals surface area contributed by atoms with E-state index in [1.807, 2.05) is 24.3 Å². The van der Waals surface area contributed by atoms with Crippen LogP contribution in [-0.2, 0) is 14.3 Å². The van der Waals surface area contributed by atoms with Gasteiger partial charge in [0, 0.05) is 20.3 Å². The molecule has 2 aromatic carbocycles. The lowest BCUT2D eigenvalue weighted by Gasteiger charge is -2.15. The van der Waals surface area contributed by atoms with Crippen LogP contribution in [-0.4, -0.2) is 41.6 Å². The zero-order chi connectivity index (χ0) is 20.4. The number of para-hydroxylation sites is 3. The molecule has 4 rings (SSSR count). The van der Waals surface area contributed by atoms with Gasteiger partial charge in [0.1, 0.15) is 11.9 Å². The van der Waals surface area contributed by atoms with Gasteiger partial charge in [0.15, 0.2) is 0 Å². The number of benzene rings is 2. The number of hydrogen-bond donors (Lipinski definition) is 1. The number of hydrogen-bond acceptors (Lipinski definition) is 4. The van der Waals surface area contributed by atoms with Gasteiger partial charge in [-0.3, -0.25) is 19.1 Å². The van der Waals surface area contributed by atoms with Crippen molar-refractivity contribution in [1.82, 2.24) is 9.55 Å². The minimum Gasteiger partial charge on any atom is -0.385 e. The summed E-state index contributed by atoms with van der Waals surface area (Å²) in [6, 6.07) is 12.7. The van der Waals surface area contributed by atoms with Crippen molar-refractivity contribution in [3.63, 3.8) is 0 Å². The van der Waals surface area contributed by atoms with E-state index in [0.717, 1.165) is 11.0 Å². The van der Waals surface area contributed by atoms with Crippen molar-refractivity contribution in [3.05, 3.63) is 54.3 Å². The Hall–Kier alpha value is -3.26. The second-order valence-corrected chi connectivity index (χ2v) is 6.85. The monoisotopic (exact) mass is 396 g/mol. The molecule has 1 unspecified atom stereocenters. The van der Waals surface area contributed by atoms with Crippen molar-refractivity contribution in [1.29, 1.82) is 0 Å². The molecule has 1 aliphatic heterocycles. The molecule has 0 saturated heterocycles. The maximum Gasteiger partial charge on any atom is 0.253 e. The molecule has 1 N–H and O–H groups in total. The largest absolute Gasteiger partial charge is 0.385 e. The molecule has 1 atom stereocenters. The molecule has 2 heterocycles. The molecule has 0 radical (unpaired) electrons. The molecule has 0 fully saturated rings. The van der Waals surface area contributed by atoms with Gasteiger partial charge in [0.05, 0.1) is 23.1 Å². The zero-order valence-electron chi connectivity index (χ0n) is 16.0. The number of nitrogens with zero attached hydrogens (tertiary/aromatic N) is 3. The van der Waals surface area contributed by atoms with Crippen LogP contribution in [0.25, 0.3) is 11.0 Å². The number of carbonyl (C=O) groups excluding carboxylic acids is 2. The van der Waals surface area contributed by atoms with E-state index in [2.05, 4.69) is 10.3 Å². The molecule has 0 spiro atoms. The second kappa shape index (κ2) is 8.00. The number of fused-ring (bicyclic) bond motifs is 3. The molecule has 8 heteroatoms. The predicted octanol–water partition coefficient (Wildman–Crippen LogP) is 3.13. The second-order valence-electron chi connectivity index (χ2n) is 6.85. The quantitative estimate of drug-likeness (QED) is 0.623. The van der Waals surface area contributed by atoms with Crippen molar-refractivity contribution < 1.29 is 18.7 Å². The fraction of sp³-hybridized carbons (Fsp3) is 0.286. The first-order valence-electron chi connectivity index (χ1n) is 9.42. The summed E-state index contributed by atoms with van der Waals surface area (Å²) in [5.74, 6) is -0.626. The van der Waals surface area contributed by atoms with Gasteiger partial charge in [-0.15, -0.1) is 0 Å². The Morgan fingerprint density at radius 3 is 2.76 bits per heavy atom. The van der Waals surface area contributed by atoms with Crippen molar-refractivity contribution in [3.8, 4) is 0 Å². The van der Waals surface area contributed by atoms with Gasteiger partial charge >= 0.3 is 0 Å². The Morgan fingerprint density at radius 2 is 1.97 bits per heavy atom. The fourth-order valence-electron chi connectivity index (χ4n) is 3.61. The number of aromatic nitrogens is 2. The summed E-state index contributed by atoms with van der Waals surface area (Å²) in [6.45, 7) is 0.962. The van der Waals surface area contributed by atoms with Gasteiger partial charge in [-0.25, -0.2) is 9.37 Å². The van der Waals surface area contributed by atoms with Gasteiger partial charge in [-0.05, 0) is 30.7 Å². The van der Waals surface area contributed by atoms with Crippen LogP contribution in [0.4, 0.5) is 16.0 Å². The first kappa shape index (κ1) is 19.1. The molecule has 7 nitrogen and oxygen atoms in total. The molecule has 0 bridgehead atoms. The summed E-state index contributed by atoms with van der Waals surface area (Å²) in [5.41, 5.74) is 1.63.